The summed E-state index contributed by atoms with van der Waals surface area (Å²) in [5.74, 6) is 0.395. The number of hydrogen-bond acceptors (Lipinski definition) is 2. The SMILES string of the molecule is Cc1ccc(OCC(=O)Nc2cc(Cl)ccc2Cl)c(C)c1. The van der Waals surface area contributed by atoms with Crippen molar-refractivity contribution in [1.29, 1.82) is 0 Å². The summed E-state index contributed by atoms with van der Waals surface area (Å²) in [5.41, 5.74) is 2.61. The van der Waals surface area contributed by atoms with Gasteiger partial charge in [0, 0.05) is 5.02 Å². The molecular formula is C16H15Cl2NO2. The number of carbonyl (C=O) groups excluding carboxylic acids is 1. The van der Waals surface area contributed by atoms with Gasteiger partial charge in [0.1, 0.15) is 5.75 Å². The van der Waals surface area contributed by atoms with Crippen LogP contribution in [0, 0.1) is 13.8 Å². The van der Waals surface area contributed by atoms with Gasteiger partial charge >= 0.3 is 0 Å². The van der Waals surface area contributed by atoms with E-state index < -0.39 is 0 Å². The standard InChI is InChI=1S/C16H15Cl2NO2/c1-10-3-6-15(11(2)7-10)21-9-16(20)19-14-8-12(17)4-5-13(14)18/h3-8H,9H2,1-2H3,(H,19,20). The van der Waals surface area contributed by atoms with E-state index in [4.69, 9.17) is 27.9 Å². The van der Waals surface area contributed by atoms with Gasteiger partial charge in [-0.1, -0.05) is 40.9 Å². The summed E-state index contributed by atoms with van der Waals surface area (Å²) in [6, 6.07) is 10.7. The first-order chi connectivity index (χ1) is 9.95. The van der Waals surface area contributed by atoms with Crippen LogP contribution in [0.1, 0.15) is 11.1 Å². The summed E-state index contributed by atoms with van der Waals surface area (Å²) >= 11 is 11.9. The van der Waals surface area contributed by atoms with Crippen LogP contribution in [0.25, 0.3) is 0 Å². The van der Waals surface area contributed by atoms with Crippen molar-refractivity contribution >= 4 is 34.8 Å². The lowest BCUT2D eigenvalue weighted by Gasteiger charge is -2.11. The zero-order valence-electron chi connectivity index (χ0n) is 11.7. The maximum Gasteiger partial charge on any atom is 0.262 e. The Morgan fingerprint density at radius 1 is 1.14 bits per heavy atom. The molecule has 0 aliphatic heterocycles. The van der Waals surface area contributed by atoms with Crippen molar-refractivity contribution in [2.45, 2.75) is 13.8 Å². The van der Waals surface area contributed by atoms with Crippen LogP contribution < -0.4 is 10.1 Å². The van der Waals surface area contributed by atoms with Gasteiger partial charge < -0.3 is 10.1 Å². The fourth-order valence-electron chi connectivity index (χ4n) is 1.88. The number of aryl methyl sites for hydroxylation is 2. The fourth-order valence-corrected chi connectivity index (χ4v) is 2.22. The Bertz CT molecular complexity index is 671. The number of hydrogen-bond donors (Lipinski definition) is 1. The van der Waals surface area contributed by atoms with Gasteiger partial charge in [-0.15, -0.1) is 0 Å². The number of nitrogens with one attached hydrogen (secondary N) is 1. The van der Waals surface area contributed by atoms with Gasteiger partial charge in [-0.2, -0.15) is 0 Å². The van der Waals surface area contributed by atoms with E-state index in [1.54, 1.807) is 18.2 Å². The second kappa shape index (κ2) is 6.83. The number of anilines is 1. The van der Waals surface area contributed by atoms with E-state index in [9.17, 15) is 4.79 Å². The molecule has 0 saturated carbocycles. The Balaban J connectivity index is 1.97. The molecule has 0 atom stereocenters. The predicted molar refractivity (Wildman–Crippen MR) is 86.5 cm³/mol. The Hall–Kier alpha value is -1.71. The first kappa shape index (κ1) is 15.7. The number of halogens is 2. The lowest BCUT2D eigenvalue weighted by molar-refractivity contribution is -0.118. The van der Waals surface area contributed by atoms with Crippen LogP contribution in [-0.2, 0) is 4.79 Å². The molecule has 3 nitrogen and oxygen atoms in total. The molecule has 5 heteroatoms. The van der Waals surface area contributed by atoms with Gasteiger partial charge in [0.25, 0.3) is 5.91 Å². The summed E-state index contributed by atoms with van der Waals surface area (Å²) in [6.45, 7) is 3.85. The average Bonchev–Trinajstić information content (AvgIpc) is 2.42. The third-order valence-electron chi connectivity index (χ3n) is 2.89. The molecule has 0 unspecified atom stereocenters. The lowest BCUT2D eigenvalue weighted by atomic mass is 10.1. The monoisotopic (exact) mass is 323 g/mol. The van der Waals surface area contributed by atoms with Gasteiger partial charge in [-0.05, 0) is 43.7 Å². The van der Waals surface area contributed by atoms with Crippen molar-refractivity contribution in [1.82, 2.24) is 0 Å². The van der Waals surface area contributed by atoms with Crippen LogP contribution in [0.3, 0.4) is 0 Å². The minimum Gasteiger partial charge on any atom is -0.483 e. The molecule has 0 bridgehead atoms. The summed E-state index contributed by atoms with van der Waals surface area (Å²) in [4.78, 5) is 11.9. The van der Waals surface area contributed by atoms with Crippen molar-refractivity contribution in [3.05, 3.63) is 57.6 Å². The highest BCUT2D eigenvalue weighted by Crippen LogP contribution is 2.25. The highest BCUT2D eigenvalue weighted by Gasteiger charge is 2.08. The molecule has 0 heterocycles. The second-order valence-corrected chi connectivity index (χ2v) is 5.57. The Morgan fingerprint density at radius 3 is 2.62 bits per heavy atom. The summed E-state index contributed by atoms with van der Waals surface area (Å²) in [6.07, 6.45) is 0. The van der Waals surface area contributed by atoms with E-state index in [0.29, 0.717) is 21.5 Å². The van der Waals surface area contributed by atoms with E-state index in [2.05, 4.69) is 5.32 Å². The quantitative estimate of drug-likeness (QED) is 0.890. The third kappa shape index (κ3) is 4.38. The highest BCUT2D eigenvalue weighted by atomic mass is 35.5. The van der Waals surface area contributed by atoms with E-state index in [1.807, 2.05) is 32.0 Å². The number of rotatable bonds is 4. The molecule has 0 aliphatic rings. The molecule has 0 fully saturated rings. The summed E-state index contributed by atoms with van der Waals surface area (Å²) in [7, 11) is 0. The first-order valence-electron chi connectivity index (χ1n) is 6.40. The number of amides is 1. The minimum absolute atomic E-state index is 0.0905. The molecule has 2 rings (SSSR count). The van der Waals surface area contributed by atoms with Gasteiger partial charge in [0.15, 0.2) is 6.61 Å². The zero-order chi connectivity index (χ0) is 15.4. The molecule has 2 aromatic rings. The van der Waals surface area contributed by atoms with E-state index in [-0.39, 0.29) is 12.5 Å². The smallest absolute Gasteiger partial charge is 0.262 e. The zero-order valence-corrected chi connectivity index (χ0v) is 13.3. The molecule has 0 spiro atoms. The predicted octanol–water partition coefficient (Wildman–Crippen LogP) is 4.63. The van der Waals surface area contributed by atoms with Crippen molar-refractivity contribution in [2.75, 3.05) is 11.9 Å². The third-order valence-corrected chi connectivity index (χ3v) is 3.46. The Morgan fingerprint density at radius 2 is 1.90 bits per heavy atom. The van der Waals surface area contributed by atoms with Crippen LogP contribution in [0.2, 0.25) is 10.0 Å². The van der Waals surface area contributed by atoms with Crippen molar-refractivity contribution in [2.24, 2.45) is 0 Å². The van der Waals surface area contributed by atoms with Crippen LogP contribution in [0.4, 0.5) is 5.69 Å². The van der Waals surface area contributed by atoms with Gasteiger partial charge in [-0.25, -0.2) is 0 Å². The van der Waals surface area contributed by atoms with Crippen molar-refractivity contribution in [3.63, 3.8) is 0 Å². The van der Waals surface area contributed by atoms with Crippen LogP contribution >= 0.6 is 23.2 Å². The maximum atomic E-state index is 11.9. The topological polar surface area (TPSA) is 38.3 Å². The Kier molecular flexibility index (Phi) is 5.10. The molecule has 0 aliphatic carbocycles. The molecule has 0 saturated heterocycles. The maximum absolute atomic E-state index is 11.9. The summed E-state index contributed by atoms with van der Waals surface area (Å²) < 4.78 is 5.51. The number of ether oxygens (including phenoxy) is 1. The molecule has 1 amide bonds. The van der Waals surface area contributed by atoms with Gasteiger partial charge in [0.05, 0.1) is 10.7 Å². The van der Waals surface area contributed by atoms with Crippen LogP contribution in [-0.4, -0.2) is 12.5 Å². The van der Waals surface area contributed by atoms with Crippen molar-refractivity contribution in [3.8, 4) is 5.75 Å². The molecule has 0 aromatic heterocycles. The van der Waals surface area contributed by atoms with Gasteiger partial charge in [0.2, 0.25) is 0 Å². The summed E-state index contributed by atoms with van der Waals surface area (Å²) in [5, 5.41) is 3.61. The van der Waals surface area contributed by atoms with Crippen LogP contribution in [0.5, 0.6) is 5.75 Å². The largest absolute Gasteiger partial charge is 0.483 e. The second-order valence-electron chi connectivity index (χ2n) is 4.73. The Labute approximate surface area is 133 Å². The van der Waals surface area contributed by atoms with E-state index >= 15 is 0 Å². The molecule has 1 N–H and O–H groups in total. The first-order valence-corrected chi connectivity index (χ1v) is 7.16. The van der Waals surface area contributed by atoms with Crippen LogP contribution in [0.15, 0.2) is 36.4 Å². The molecular weight excluding hydrogens is 309 g/mol. The van der Waals surface area contributed by atoms with Crippen molar-refractivity contribution < 1.29 is 9.53 Å². The van der Waals surface area contributed by atoms with E-state index in [1.165, 1.54) is 0 Å². The fraction of sp³-hybridized carbons (Fsp3) is 0.188. The molecule has 21 heavy (non-hydrogen) atoms. The van der Waals surface area contributed by atoms with E-state index in [0.717, 1.165) is 11.1 Å². The number of carbonyl (C=O) groups is 1. The minimum atomic E-state index is -0.292. The number of benzene rings is 2. The van der Waals surface area contributed by atoms with Gasteiger partial charge in [-0.3, -0.25) is 4.79 Å². The molecule has 110 valence electrons. The highest BCUT2D eigenvalue weighted by molar-refractivity contribution is 6.35. The average molecular weight is 324 g/mol. The lowest BCUT2D eigenvalue weighted by Crippen LogP contribution is -2.20. The molecule has 0 radical (unpaired) electrons. The normalized spacial score (nSPS) is 10.3. The molecule has 2 aromatic carbocycles.